The van der Waals surface area contributed by atoms with Crippen molar-refractivity contribution in [2.24, 2.45) is 4.99 Å². The Hall–Kier alpha value is -1.89. The highest BCUT2D eigenvalue weighted by atomic mass is 14.7. The van der Waals surface area contributed by atoms with Gasteiger partial charge in [0.1, 0.15) is 0 Å². The Kier molecular flexibility index (Phi) is 6.01. The quantitative estimate of drug-likeness (QED) is 0.384. The van der Waals surface area contributed by atoms with Crippen LogP contribution < -0.4 is 0 Å². The van der Waals surface area contributed by atoms with E-state index in [0.717, 1.165) is 24.3 Å². The number of hydrogen-bond donors (Lipinski definition) is 0. The van der Waals surface area contributed by atoms with E-state index in [1.165, 1.54) is 16.7 Å². The molecule has 0 heterocycles. The summed E-state index contributed by atoms with van der Waals surface area (Å²) >= 11 is 0. The molecule has 100 valence electrons. The van der Waals surface area contributed by atoms with Crippen molar-refractivity contribution in [1.82, 2.24) is 0 Å². The average Bonchev–Trinajstić information content (AvgIpc) is 2.43. The summed E-state index contributed by atoms with van der Waals surface area (Å²) in [4.78, 5) is 4.57. The first-order valence-corrected chi connectivity index (χ1v) is 6.67. The smallest absolute Gasteiger partial charge is 0.0584 e. The molecule has 19 heavy (non-hydrogen) atoms. The molecule has 0 unspecified atom stereocenters. The van der Waals surface area contributed by atoms with Crippen molar-refractivity contribution in [3.05, 3.63) is 72.0 Å². The zero-order valence-electron chi connectivity index (χ0n) is 12.2. The van der Waals surface area contributed by atoms with Gasteiger partial charge in [-0.25, -0.2) is 0 Å². The predicted octanol–water partition coefficient (Wildman–Crippen LogP) is 5.01. The van der Waals surface area contributed by atoms with Crippen LogP contribution in [0.4, 0.5) is 0 Å². The van der Waals surface area contributed by atoms with Gasteiger partial charge >= 0.3 is 0 Å². The summed E-state index contributed by atoms with van der Waals surface area (Å²) in [5, 5.41) is 0. The van der Waals surface area contributed by atoms with E-state index in [9.17, 15) is 0 Å². The van der Waals surface area contributed by atoms with Crippen LogP contribution in [0.25, 0.3) is 0 Å². The summed E-state index contributed by atoms with van der Waals surface area (Å²) in [6, 6.07) is 6.52. The molecule has 1 rings (SSSR count). The van der Waals surface area contributed by atoms with Crippen molar-refractivity contribution < 1.29 is 0 Å². The van der Waals surface area contributed by atoms with Gasteiger partial charge in [-0.3, -0.25) is 4.99 Å². The van der Waals surface area contributed by atoms with Gasteiger partial charge in [0.05, 0.1) is 5.70 Å². The average molecular weight is 253 g/mol. The van der Waals surface area contributed by atoms with Crippen molar-refractivity contribution in [3.8, 4) is 0 Å². The fourth-order valence-electron chi connectivity index (χ4n) is 1.91. The fourth-order valence-corrected chi connectivity index (χ4v) is 1.91. The maximum absolute atomic E-state index is 4.57. The van der Waals surface area contributed by atoms with E-state index >= 15 is 0 Å². The lowest BCUT2D eigenvalue weighted by Gasteiger charge is -2.08. The molecule has 1 heteroatoms. The van der Waals surface area contributed by atoms with Crippen molar-refractivity contribution in [2.75, 3.05) is 0 Å². The summed E-state index contributed by atoms with van der Waals surface area (Å²) < 4.78 is 0. The molecule has 0 aliphatic heterocycles. The number of hydrogen-bond acceptors (Lipinski definition) is 1. The van der Waals surface area contributed by atoms with Crippen molar-refractivity contribution >= 4 is 5.71 Å². The highest BCUT2D eigenvalue weighted by molar-refractivity contribution is 5.99. The van der Waals surface area contributed by atoms with E-state index in [4.69, 9.17) is 0 Å². The third kappa shape index (κ3) is 4.36. The molecular formula is C18H23N. The van der Waals surface area contributed by atoms with Gasteiger partial charge in [0.2, 0.25) is 0 Å². The van der Waals surface area contributed by atoms with Crippen LogP contribution in [0.15, 0.2) is 60.3 Å². The van der Waals surface area contributed by atoms with Crippen LogP contribution in [-0.2, 0) is 6.42 Å². The first-order valence-electron chi connectivity index (χ1n) is 6.67. The summed E-state index contributed by atoms with van der Waals surface area (Å²) in [7, 11) is 0. The Labute approximate surface area is 117 Å². The summed E-state index contributed by atoms with van der Waals surface area (Å²) in [5.74, 6) is 0. The maximum Gasteiger partial charge on any atom is 0.0584 e. The van der Waals surface area contributed by atoms with E-state index in [1.807, 2.05) is 26.0 Å². The molecule has 0 spiro atoms. The van der Waals surface area contributed by atoms with Crippen LogP contribution in [0.1, 0.15) is 37.0 Å². The molecule has 0 saturated heterocycles. The minimum atomic E-state index is 0.908. The Bertz CT molecular complexity index is 518. The Morgan fingerprint density at radius 3 is 2.63 bits per heavy atom. The Balaban J connectivity index is 3.07. The van der Waals surface area contributed by atoms with E-state index in [1.54, 1.807) is 6.08 Å². The van der Waals surface area contributed by atoms with Crippen molar-refractivity contribution in [2.45, 2.75) is 33.6 Å². The number of aliphatic imine (C=N–C) groups is 1. The molecule has 0 atom stereocenters. The molecule has 0 aliphatic rings. The molecule has 1 aromatic carbocycles. The minimum Gasteiger partial charge on any atom is -0.254 e. The van der Waals surface area contributed by atoms with Gasteiger partial charge in [-0.05, 0) is 62.4 Å². The SMILES string of the molecule is C=CCCc1cc(C(C)=N/C(C=C)=C\C)ccc1C. The lowest BCUT2D eigenvalue weighted by atomic mass is 9.99. The minimum absolute atomic E-state index is 0.908. The summed E-state index contributed by atoms with van der Waals surface area (Å²) in [6.07, 6.45) is 7.74. The topological polar surface area (TPSA) is 12.4 Å². The van der Waals surface area contributed by atoms with Gasteiger partial charge in [0.15, 0.2) is 0 Å². The van der Waals surface area contributed by atoms with E-state index in [-0.39, 0.29) is 0 Å². The molecule has 0 N–H and O–H groups in total. The van der Waals surface area contributed by atoms with Gasteiger partial charge in [-0.1, -0.05) is 30.9 Å². The normalized spacial score (nSPS) is 12.4. The highest BCUT2D eigenvalue weighted by Crippen LogP contribution is 2.15. The second-order valence-electron chi connectivity index (χ2n) is 4.58. The largest absolute Gasteiger partial charge is 0.254 e. The first kappa shape index (κ1) is 15.2. The number of rotatable bonds is 6. The van der Waals surface area contributed by atoms with Crippen LogP contribution in [0, 0.1) is 6.92 Å². The fraction of sp³-hybridized carbons (Fsp3) is 0.278. The predicted molar refractivity (Wildman–Crippen MR) is 85.9 cm³/mol. The number of allylic oxidation sites excluding steroid dienone is 3. The van der Waals surface area contributed by atoms with Crippen LogP contribution >= 0.6 is 0 Å². The van der Waals surface area contributed by atoms with E-state index in [0.29, 0.717) is 0 Å². The molecule has 0 radical (unpaired) electrons. The summed E-state index contributed by atoms with van der Waals surface area (Å²) in [5.41, 5.74) is 5.80. The highest BCUT2D eigenvalue weighted by Gasteiger charge is 2.03. The Morgan fingerprint density at radius 1 is 1.32 bits per heavy atom. The monoisotopic (exact) mass is 253 g/mol. The molecule has 0 fully saturated rings. The summed E-state index contributed by atoms with van der Waals surface area (Å²) in [6.45, 7) is 13.7. The van der Waals surface area contributed by atoms with Gasteiger partial charge < -0.3 is 0 Å². The third-order valence-corrected chi connectivity index (χ3v) is 3.19. The lowest BCUT2D eigenvalue weighted by Crippen LogP contribution is -1.99. The second kappa shape index (κ2) is 7.52. The maximum atomic E-state index is 4.57. The molecule has 1 aromatic rings. The van der Waals surface area contributed by atoms with Crippen molar-refractivity contribution in [3.63, 3.8) is 0 Å². The van der Waals surface area contributed by atoms with E-state index < -0.39 is 0 Å². The van der Waals surface area contributed by atoms with Crippen LogP contribution in [-0.4, -0.2) is 5.71 Å². The molecule has 0 bridgehead atoms. The Morgan fingerprint density at radius 2 is 2.05 bits per heavy atom. The molecule has 0 aliphatic carbocycles. The molecular weight excluding hydrogens is 230 g/mol. The number of aryl methyl sites for hydroxylation is 2. The van der Waals surface area contributed by atoms with Crippen LogP contribution in [0.3, 0.4) is 0 Å². The van der Waals surface area contributed by atoms with Crippen molar-refractivity contribution in [1.29, 1.82) is 0 Å². The zero-order chi connectivity index (χ0) is 14.3. The lowest BCUT2D eigenvalue weighted by molar-refractivity contribution is 0.989. The number of benzene rings is 1. The van der Waals surface area contributed by atoms with Crippen LogP contribution in [0.5, 0.6) is 0 Å². The van der Waals surface area contributed by atoms with Gasteiger partial charge in [0.25, 0.3) is 0 Å². The van der Waals surface area contributed by atoms with Gasteiger partial charge in [-0.2, -0.15) is 0 Å². The molecule has 0 amide bonds. The van der Waals surface area contributed by atoms with Gasteiger partial charge in [-0.15, -0.1) is 6.58 Å². The number of nitrogens with zero attached hydrogens (tertiary/aromatic N) is 1. The zero-order valence-corrected chi connectivity index (χ0v) is 12.2. The van der Waals surface area contributed by atoms with Gasteiger partial charge in [0, 0.05) is 5.71 Å². The van der Waals surface area contributed by atoms with E-state index in [2.05, 4.69) is 43.3 Å². The molecule has 0 aromatic heterocycles. The standard InChI is InChI=1S/C18H23N/c1-6-9-10-16-13-17(12-11-14(16)4)15(5)19-18(7-2)8-3/h6-8,11-13H,1-2,9-10H2,3-5H3/b18-8-,19-15?. The second-order valence-corrected chi connectivity index (χ2v) is 4.58. The van der Waals surface area contributed by atoms with Crippen LogP contribution in [0.2, 0.25) is 0 Å². The third-order valence-electron chi connectivity index (χ3n) is 3.19. The molecule has 1 nitrogen and oxygen atoms in total. The molecule has 0 saturated carbocycles. The first-order chi connectivity index (χ1) is 9.12.